The minimum Gasteiger partial charge on any atom is -0.497 e. The maximum Gasteiger partial charge on any atom is 0.400 e. The van der Waals surface area contributed by atoms with Gasteiger partial charge in [-0.05, 0) is 24.1 Å². The van der Waals surface area contributed by atoms with Crippen LogP contribution in [0.3, 0.4) is 0 Å². The van der Waals surface area contributed by atoms with Crippen LogP contribution in [0, 0.1) is 0 Å². The second kappa shape index (κ2) is 4.96. The molecule has 0 fully saturated rings. The van der Waals surface area contributed by atoms with E-state index in [1.54, 1.807) is 6.07 Å². The van der Waals surface area contributed by atoms with Gasteiger partial charge in [0.1, 0.15) is 11.2 Å². The maximum atomic E-state index is 13.1. The molecule has 0 saturated heterocycles. The lowest BCUT2D eigenvalue weighted by atomic mass is 9.78. The number of hydrogen-bond acceptors (Lipinski definition) is 2. The Morgan fingerprint density at radius 1 is 1.29 bits per heavy atom. The largest absolute Gasteiger partial charge is 0.497 e. The molecule has 1 aromatic carbocycles. The fourth-order valence-electron chi connectivity index (χ4n) is 1.78. The third kappa shape index (κ3) is 2.39. The maximum absolute atomic E-state index is 13.1. The zero-order valence-corrected chi connectivity index (χ0v) is 9.71. The van der Waals surface area contributed by atoms with Gasteiger partial charge < -0.3 is 9.84 Å². The predicted octanol–water partition coefficient (Wildman–Crippen LogP) is 2.90. The van der Waals surface area contributed by atoms with Crippen LogP contribution in [-0.4, -0.2) is 25.0 Å². The molecular weight excluding hydrogens is 233 g/mol. The van der Waals surface area contributed by atoms with Crippen LogP contribution in [-0.2, 0) is 5.41 Å². The zero-order valence-electron chi connectivity index (χ0n) is 9.71. The van der Waals surface area contributed by atoms with E-state index in [1.165, 1.54) is 32.2 Å². The van der Waals surface area contributed by atoms with Gasteiger partial charge in [-0.3, -0.25) is 0 Å². The summed E-state index contributed by atoms with van der Waals surface area (Å²) in [5, 5.41) is 9.17. The average molecular weight is 248 g/mol. The minimum absolute atomic E-state index is 0.0225. The molecule has 1 aromatic rings. The van der Waals surface area contributed by atoms with Gasteiger partial charge in [0.05, 0.1) is 13.7 Å². The summed E-state index contributed by atoms with van der Waals surface area (Å²) < 4.78 is 44.2. The summed E-state index contributed by atoms with van der Waals surface area (Å²) in [4.78, 5) is 0. The van der Waals surface area contributed by atoms with E-state index in [2.05, 4.69) is 0 Å². The molecule has 0 spiro atoms. The zero-order chi connectivity index (χ0) is 13.1. The van der Waals surface area contributed by atoms with Crippen molar-refractivity contribution in [2.24, 2.45) is 0 Å². The number of halogens is 3. The van der Waals surface area contributed by atoms with E-state index in [0.717, 1.165) is 0 Å². The molecule has 1 N–H and O–H groups in total. The summed E-state index contributed by atoms with van der Waals surface area (Å²) >= 11 is 0. The van der Waals surface area contributed by atoms with E-state index in [4.69, 9.17) is 9.84 Å². The Kier molecular flexibility index (Phi) is 4.03. The third-order valence-electron chi connectivity index (χ3n) is 3.04. The van der Waals surface area contributed by atoms with Gasteiger partial charge in [-0.2, -0.15) is 13.2 Å². The number of aliphatic hydroxyl groups excluding tert-OH is 1. The standard InChI is InChI=1S/C12H15F3O2/c1-3-11(8-16,12(13,14)15)9-5-4-6-10(7-9)17-2/h4-7,16H,3,8H2,1-2H3. The molecule has 0 aliphatic rings. The van der Waals surface area contributed by atoms with Crippen molar-refractivity contribution >= 4 is 0 Å². The van der Waals surface area contributed by atoms with E-state index in [0.29, 0.717) is 5.75 Å². The number of ether oxygens (including phenoxy) is 1. The van der Waals surface area contributed by atoms with Crippen LogP contribution < -0.4 is 4.74 Å². The van der Waals surface area contributed by atoms with Gasteiger partial charge in [0.2, 0.25) is 0 Å². The molecule has 1 rings (SSSR count). The predicted molar refractivity (Wildman–Crippen MR) is 58.1 cm³/mol. The van der Waals surface area contributed by atoms with Crippen molar-refractivity contribution in [3.8, 4) is 5.75 Å². The summed E-state index contributed by atoms with van der Waals surface area (Å²) in [6.07, 6.45) is -4.72. The molecule has 0 amide bonds. The molecule has 0 radical (unpaired) electrons. The first-order valence-electron chi connectivity index (χ1n) is 5.23. The van der Waals surface area contributed by atoms with Crippen molar-refractivity contribution in [1.82, 2.24) is 0 Å². The van der Waals surface area contributed by atoms with Crippen LogP contribution >= 0.6 is 0 Å². The molecule has 2 nitrogen and oxygen atoms in total. The summed E-state index contributed by atoms with van der Waals surface area (Å²) in [5.41, 5.74) is -2.20. The minimum atomic E-state index is -4.50. The molecule has 0 saturated carbocycles. The van der Waals surface area contributed by atoms with Crippen molar-refractivity contribution < 1.29 is 23.0 Å². The lowest BCUT2D eigenvalue weighted by Crippen LogP contribution is -2.45. The summed E-state index contributed by atoms with van der Waals surface area (Å²) in [6.45, 7) is 0.434. The number of aliphatic hydroxyl groups is 1. The van der Waals surface area contributed by atoms with E-state index in [1.807, 2.05) is 0 Å². The average Bonchev–Trinajstić information content (AvgIpc) is 2.30. The van der Waals surface area contributed by atoms with Crippen LogP contribution in [0.25, 0.3) is 0 Å². The summed E-state index contributed by atoms with van der Waals surface area (Å²) in [5.74, 6) is 0.345. The van der Waals surface area contributed by atoms with Crippen molar-refractivity contribution in [3.05, 3.63) is 29.8 Å². The molecule has 17 heavy (non-hydrogen) atoms. The van der Waals surface area contributed by atoms with Gasteiger partial charge >= 0.3 is 6.18 Å². The Labute approximate surface area is 98.0 Å². The highest BCUT2D eigenvalue weighted by molar-refractivity contribution is 5.35. The quantitative estimate of drug-likeness (QED) is 0.887. The van der Waals surface area contributed by atoms with Gasteiger partial charge in [-0.25, -0.2) is 0 Å². The molecule has 0 heterocycles. The highest BCUT2D eigenvalue weighted by Crippen LogP contribution is 2.44. The normalized spacial score (nSPS) is 15.4. The SMILES string of the molecule is CCC(CO)(c1cccc(OC)c1)C(F)(F)F. The summed E-state index contributed by atoms with van der Waals surface area (Å²) in [6, 6.07) is 5.72. The lowest BCUT2D eigenvalue weighted by Gasteiger charge is -2.33. The van der Waals surface area contributed by atoms with Crippen molar-refractivity contribution in [3.63, 3.8) is 0 Å². The fourth-order valence-corrected chi connectivity index (χ4v) is 1.78. The number of methoxy groups -OCH3 is 1. The van der Waals surface area contributed by atoms with Crippen molar-refractivity contribution in [2.75, 3.05) is 13.7 Å². The van der Waals surface area contributed by atoms with Gasteiger partial charge in [0, 0.05) is 0 Å². The van der Waals surface area contributed by atoms with Crippen LogP contribution in [0.1, 0.15) is 18.9 Å². The fraction of sp³-hybridized carbons (Fsp3) is 0.500. The first-order valence-corrected chi connectivity index (χ1v) is 5.23. The Balaban J connectivity index is 3.31. The van der Waals surface area contributed by atoms with E-state index in [-0.39, 0.29) is 12.0 Å². The number of alkyl halides is 3. The van der Waals surface area contributed by atoms with Crippen molar-refractivity contribution in [1.29, 1.82) is 0 Å². The van der Waals surface area contributed by atoms with Gasteiger partial charge in [0.15, 0.2) is 0 Å². The summed E-state index contributed by atoms with van der Waals surface area (Å²) in [7, 11) is 1.39. The van der Waals surface area contributed by atoms with Crippen LogP contribution in [0.4, 0.5) is 13.2 Å². The van der Waals surface area contributed by atoms with E-state index < -0.39 is 18.2 Å². The van der Waals surface area contributed by atoms with Gasteiger partial charge in [-0.1, -0.05) is 19.1 Å². The second-order valence-electron chi connectivity index (χ2n) is 3.82. The van der Waals surface area contributed by atoms with Gasteiger partial charge in [-0.15, -0.1) is 0 Å². The highest BCUT2D eigenvalue weighted by Gasteiger charge is 2.54. The first kappa shape index (κ1) is 13.8. The number of rotatable bonds is 4. The molecule has 0 aromatic heterocycles. The lowest BCUT2D eigenvalue weighted by molar-refractivity contribution is -0.202. The number of benzene rings is 1. The first-order chi connectivity index (χ1) is 7.91. The van der Waals surface area contributed by atoms with Crippen LogP contribution in [0.5, 0.6) is 5.75 Å². The molecule has 96 valence electrons. The monoisotopic (exact) mass is 248 g/mol. The smallest absolute Gasteiger partial charge is 0.400 e. The molecular formula is C12H15F3O2. The highest BCUT2D eigenvalue weighted by atomic mass is 19.4. The molecule has 0 aliphatic carbocycles. The third-order valence-corrected chi connectivity index (χ3v) is 3.04. The Morgan fingerprint density at radius 3 is 2.35 bits per heavy atom. The topological polar surface area (TPSA) is 29.5 Å². The molecule has 1 unspecified atom stereocenters. The molecule has 0 aliphatic heterocycles. The van der Waals surface area contributed by atoms with Crippen molar-refractivity contribution in [2.45, 2.75) is 24.9 Å². The molecule has 5 heteroatoms. The Bertz CT molecular complexity index is 370. The Hall–Kier alpha value is -1.23. The van der Waals surface area contributed by atoms with Crippen LogP contribution in [0.2, 0.25) is 0 Å². The van der Waals surface area contributed by atoms with E-state index >= 15 is 0 Å². The Morgan fingerprint density at radius 2 is 1.94 bits per heavy atom. The number of hydrogen-bond donors (Lipinski definition) is 1. The molecule has 0 bridgehead atoms. The molecule has 1 atom stereocenters. The second-order valence-corrected chi connectivity index (χ2v) is 3.82. The van der Waals surface area contributed by atoms with Gasteiger partial charge in [0.25, 0.3) is 0 Å². The van der Waals surface area contributed by atoms with E-state index in [9.17, 15) is 13.2 Å². The van der Waals surface area contributed by atoms with Crippen LogP contribution in [0.15, 0.2) is 24.3 Å².